The number of carbonyl (C=O) groups is 1. The molecule has 0 saturated heterocycles. The summed E-state index contributed by atoms with van der Waals surface area (Å²) in [6.07, 6.45) is 3.34. The highest BCUT2D eigenvalue weighted by atomic mass is 35.5. The molecule has 0 aliphatic carbocycles. The van der Waals surface area contributed by atoms with Crippen LogP contribution >= 0.6 is 11.6 Å². The van der Waals surface area contributed by atoms with E-state index < -0.39 is 12.1 Å². The Bertz CT molecular complexity index is 662. The topological polar surface area (TPSA) is 57.5 Å². The van der Waals surface area contributed by atoms with Crippen molar-refractivity contribution in [3.05, 3.63) is 70.2 Å². The zero-order valence-corrected chi connectivity index (χ0v) is 12.7. The Kier molecular flexibility index (Phi) is 5.75. The number of rotatable bonds is 6. The van der Waals surface area contributed by atoms with E-state index in [1.807, 2.05) is 60.7 Å². The van der Waals surface area contributed by atoms with Gasteiger partial charge in [0.15, 0.2) is 0 Å². The van der Waals surface area contributed by atoms with E-state index in [0.29, 0.717) is 5.02 Å². The quantitative estimate of drug-likeness (QED) is 0.776. The summed E-state index contributed by atoms with van der Waals surface area (Å²) < 4.78 is 0. The van der Waals surface area contributed by atoms with Crippen molar-refractivity contribution < 1.29 is 15.0 Å². The molecule has 2 N–H and O–H groups in total. The molecule has 2 aromatic carbocycles. The maximum absolute atomic E-state index is 10.5. The molecule has 2 aromatic rings. The predicted octanol–water partition coefficient (Wildman–Crippen LogP) is 4.41. The van der Waals surface area contributed by atoms with E-state index in [1.165, 1.54) is 0 Å². The lowest BCUT2D eigenvalue weighted by molar-refractivity contribution is -0.137. The number of hydrogen-bond acceptors (Lipinski definition) is 2. The molecule has 0 aliphatic heterocycles. The van der Waals surface area contributed by atoms with Crippen molar-refractivity contribution in [3.63, 3.8) is 0 Å². The second-order valence-electron chi connectivity index (χ2n) is 5.00. The highest BCUT2D eigenvalue weighted by Crippen LogP contribution is 2.20. The van der Waals surface area contributed by atoms with E-state index in [-0.39, 0.29) is 12.8 Å². The first-order valence-electron chi connectivity index (χ1n) is 6.98. The molecule has 0 bridgehead atoms. The average Bonchev–Trinajstić information content (AvgIpc) is 2.51. The van der Waals surface area contributed by atoms with Gasteiger partial charge in [-0.2, -0.15) is 0 Å². The summed E-state index contributed by atoms with van der Waals surface area (Å²) >= 11 is 5.93. The Morgan fingerprint density at radius 1 is 1.09 bits per heavy atom. The Hall–Kier alpha value is -2.10. The van der Waals surface area contributed by atoms with Crippen LogP contribution in [0.3, 0.4) is 0 Å². The minimum atomic E-state index is -0.903. The number of aliphatic carboxylic acids is 1. The van der Waals surface area contributed by atoms with E-state index in [4.69, 9.17) is 16.7 Å². The van der Waals surface area contributed by atoms with Crippen molar-refractivity contribution in [3.8, 4) is 0 Å². The second-order valence-corrected chi connectivity index (χ2v) is 5.44. The first-order chi connectivity index (χ1) is 10.5. The molecule has 0 saturated carbocycles. The number of carboxylic acid groups (broad SMARTS) is 1. The summed E-state index contributed by atoms with van der Waals surface area (Å²) in [5, 5.41) is 19.2. The van der Waals surface area contributed by atoms with Gasteiger partial charge in [-0.05, 0) is 35.2 Å². The van der Waals surface area contributed by atoms with E-state index >= 15 is 0 Å². The summed E-state index contributed by atoms with van der Waals surface area (Å²) in [7, 11) is 0. The minimum absolute atomic E-state index is 0.0441. The molecule has 2 rings (SSSR count). The van der Waals surface area contributed by atoms with Crippen LogP contribution in [0.5, 0.6) is 0 Å². The first kappa shape index (κ1) is 16.3. The molecule has 0 spiro atoms. The molecule has 0 amide bonds. The third kappa shape index (κ3) is 5.02. The second kappa shape index (κ2) is 7.78. The fraction of sp³-hybridized carbons (Fsp3) is 0.167. The molecule has 22 heavy (non-hydrogen) atoms. The van der Waals surface area contributed by atoms with Crippen molar-refractivity contribution >= 4 is 29.7 Å². The molecule has 0 heterocycles. The summed E-state index contributed by atoms with van der Waals surface area (Å²) in [5.74, 6) is -0.903. The Morgan fingerprint density at radius 3 is 2.41 bits per heavy atom. The Balaban J connectivity index is 2.01. The first-order valence-corrected chi connectivity index (χ1v) is 7.36. The lowest BCUT2D eigenvalue weighted by Gasteiger charge is -2.09. The largest absolute Gasteiger partial charge is 0.481 e. The van der Waals surface area contributed by atoms with E-state index in [0.717, 1.165) is 16.7 Å². The zero-order valence-electron chi connectivity index (χ0n) is 11.9. The number of aliphatic hydroxyl groups excluding tert-OH is 1. The molecule has 0 fully saturated rings. The smallest absolute Gasteiger partial charge is 0.303 e. The van der Waals surface area contributed by atoms with Crippen LogP contribution in [0.1, 0.15) is 35.6 Å². The monoisotopic (exact) mass is 316 g/mol. The number of benzene rings is 2. The Morgan fingerprint density at radius 2 is 1.77 bits per heavy atom. The molecule has 3 nitrogen and oxygen atoms in total. The van der Waals surface area contributed by atoms with Crippen LogP contribution in [0.25, 0.3) is 12.2 Å². The fourth-order valence-electron chi connectivity index (χ4n) is 2.06. The van der Waals surface area contributed by atoms with Crippen LogP contribution in [0, 0.1) is 0 Å². The van der Waals surface area contributed by atoms with Crippen molar-refractivity contribution in [1.29, 1.82) is 0 Å². The van der Waals surface area contributed by atoms with Gasteiger partial charge in [0.25, 0.3) is 0 Å². The maximum atomic E-state index is 10.5. The standard InChI is InChI=1S/C18H17ClO3/c19-16-3-1-2-14(12-16)5-4-13-6-8-15(9-7-13)17(20)10-11-18(21)22/h1-9,12,17,20H,10-11H2,(H,21,22)/b5-4+. The van der Waals surface area contributed by atoms with Gasteiger partial charge in [-0.3, -0.25) is 4.79 Å². The van der Waals surface area contributed by atoms with Gasteiger partial charge in [0.2, 0.25) is 0 Å². The van der Waals surface area contributed by atoms with Gasteiger partial charge in [-0.15, -0.1) is 0 Å². The molecule has 1 atom stereocenters. The van der Waals surface area contributed by atoms with Gasteiger partial charge < -0.3 is 10.2 Å². The van der Waals surface area contributed by atoms with Crippen LogP contribution in [0.2, 0.25) is 5.02 Å². The van der Waals surface area contributed by atoms with Gasteiger partial charge in [0.1, 0.15) is 0 Å². The number of halogens is 1. The normalized spacial score (nSPS) is 12.5. The molecule has 0 radical (unpaired) electrons. The highest BCUT2D eigenvalue weighted by molar-refractivity contribution is 6.30. The molecule has 1 unspecified atom stereocenters. The molecular formula is C18H17ClO3. The molecule has 4 heteroatoms. The summed E-state index contributed by atoms with van der Waals surface area (Å²) in [6.45, 7) is 0. The summed E-state index contributed by atoms with van der Waals surface area (Å²) in [5.41, 5.74) is 2.73. The molecule has 0 aliphatic rings. The fourth-order valence-corrected chi connectivity index (χ4v) is 2.26. The van der Waals surface area contributed by atoms with E-state index in [2.05, 4.69) is 0 Å². The van der Waals surface area contributed by atoms with Crippen molar-refractivity contribution in [2.75, 3.05) is 0 Å². The van der Waals surface area contributed by atoms with Gasteiger partial charge in [0.05, 0.1) is 6.10 Å². The molecular weight excluding hydrogens is 300 g/mol. The molecule has 0 aromatic heterocycles. The maximum Gasteiger partial charge on any atom is 0.303 e. The SMILES string of the molecule is O=C(O)CCC(O)c1ccc(/C=C/c2cccc(Cl)c2)cc1. The lowest BCUT2D eigenvalue weighted by atomic mass is 10.0. The van der Waals surface area contributed by atoms with Gasteiger partial charge in [-0.25, -0.2) is 0 Å². The van der Waals surface area contributed by atoms with Gasteiger partial charge >= 0.3 is 5.97 Å². The third-order valence-corrected chi connectivity index (χ3v) is 3.50. The predicted molar refractivity (Wildman–Crippen MR) is 88.7 cm³/mol. The Labute approximate surface area is 134 Å². The van der Waals surface area contributed by atoms with Gasteiger partial charge in [-0.1, -0.05) is 60.2 Å². The van der Waals surface area contributed by atoms with Crippen LogP contribution in [-0.2, 0) is 4.79 Å². The van der Waals surface area contributed by atoms with Crippen molar-refractivity contribution in [2.45, 2.75) is 18.9 Å². The van der Waals surface area contributed by atoms with Crippen molar-refractivity contribution in [1.82, 2.24) is 0 Å². The van der Waals surface area contributed by atoms with Crippen molar-refractivity contribution in [2.24, 2.45) is 0 Å². The molecule has 114 valence electrons. The zero-order chi connectivity index (χ0) is 15.9. The third-order valence-electron chi connectivity index (χ3n) is 3.27. The minimum Gasteiger partial charge on any atom is -0.481 e. The highest BCUT2D eigenvalue weighted by Gasteiger charge is 2.09. The van der Waals surface area contributed by atoms with Crippen LogP contribution in [0.15, 0.2) is 48.5 Å². The average molecular weight is 317 g/mol. The van der Waals surface area contributed by atoms with E-state index in [9.17, 15) is 9.90 Å². The van der Waals surface area contributed by atoms with Crippen LogP contribution in [-0.4, -0.2) is 16.2 Å². The number of aliphatic hydroxyl groups is 1. The number of carboxylic acids is 1. The number of hydrogen-bond donors (Lipinski definition) is 2. The van der Waals surface area contributed by atoms with Gasteiger partial charge in [0, 0.05) is 11.4 Å². The van der Waals surface area contributed by atoms with Crippen LogP contribution < -0.4 is 0 Å². The summed E-state index contributed by atoms with van der Waals surface area (Å²) in [6, 6.07) is 15.0. The van der Waals surface area contributed by atoms with Crippen LogP contribution in [0.4, 0.5) is 0 Å². The lowest BCUT2D eigenvalue weighted by Crippen LogP contribution is -2.02. The summed E-state index contributed by atoms with van der Waals surface area (Å²) in [4.78, 5) is 10.5. The van der Waals surface area contributed by atoms with E-state index in [1.54, 1.807) is 0 Å².